The molecule has 1 unspecified atom stereocenters. The quantitative estimate of drug-likeness (QED) is 0.587. The Morgan fingerprint density at radius 1 is 1.09 bits per heavy atom. The smallest absolute Gasteiger partial charge is 0.231 e. The van der Waals surface area contributed by atoms with Gasteiger partial charge in [0, 0.05) is 47.4 Å². The van der Waals surface area contributed by atoms with Crippen molar-refractivity contribution in [2.45, 2.75) is 19.4 Å². The standard InChI is InChI=1S/C24H20ClN3O5/c25-16-3-1-14(2-4-16)23-18-7-8-27(12-19(18)26-33-23)24(30)15-9-22(29)28(11-15)17-5-6-20-21(10-17)32-13-31-20/h1-6,10,15H,7-9,11-13H2. The number of benzene rings is 2. The van der Waals surface area contributed by atoms with Gasteiger partial charge in [-0.15, -0.1) is 0 Å². The molecule has 33 heavy (non-hydrogen) atoms. The average Bonchev–Trinajstić information content (AvgIpc) is 3.56. The molecule has 3 aliphatic rings. The number of hydrogen-bond acceptors (Lipinski definition) is 6. The number of carbonyl (C=O) groups excluding carboxylic acids is 2. The van der Waals surface area contributed by atoms with Crippen LogP contribution >= 0.6 is 11.6 Å². The van der Waals surface area contributed by atoms with Gasteiger partial charge >= 0.3 is 0 Å². The van der Waals surface area contributed by atoms with Gasteiger partial charge in [-0.1, -0.05) is 16.8 Å². The van der Waals surface area contributed by atoms with E-state index in [0.29, 0.717) is 48.3 Å². The first-order valence-corrected chi connectivity index (χ1v) is 11.2. The van der Waals surface area contributed by atoms with Crippen molar-refractivity contribution in [1.82, 2.24) is 10.1 Å². The second kappa shape index (κ2) is 7.81. The molecule has 0 saturated carbocycles. The van der Waals surface area contributed by atoms with Crippen LogP contribution < -0.4 is 14.4 Å². The molecule has 0 spiro atoms. The van der Waals surface area contributed by atoms with Crippen molar-refractivity contribution in [3.8, 4) is 22.8 Å². The summed E-state index contributed by atoms with van der Waals surface area (Å²) in [6, 6.07) is 12.8. The van der Waals surface area contributed by atoms with Gasteiger partial charge in [0.15, 0.2) is 17.3 Å². The molecule has 1 saturated heterocycles. The molecule has 0 bridgehead atoms. The van der Waals surface area contributed by atoms with Gasteiger partial charge < -0.3 is 23.8 Å². The van der Waals surface area contributed by atoms with E-state index in [0.717, 1.165) is 22.6 Å². The minimum absolute atomic E-state index is 0.0340. The van der Waals surface area contributed by atoms with Gasteiger partial charge in [0.05, 0.1) is 12.5 Å². The Kier molecular flexibility index (Phi) is 4.76. The van der Waals surface area contributed by atoms with Gasteiger partial charge in [-0.3, -0.25) is 9.59 Å². The molecule has 0 N–H and O–H groups in total. The third-order valence-corrected chi connectivity index (χ3v) is 6.65. The van der Waals surface area contributed by atoms with Gasteiger partial charge in [0.2, 0.25) is 18.6 Å². The zero-order chi connectivity index (χ0) is 22.5. The lowest BCUT2D eigenvalue weighted by atomic mass is 9.99. The van der Waals surface area contributed by atoms with Crippen LogP contribution in [-0.4, -0.2) is 41.8 Å². The summed E-state index contributed by atoms with van der Waals surface area (Å²) in [4.78, 5) is 29.4. The van der Waals surface area contributed by atoms with E-state index in [2.05, 4.69) is 5.16 Å². The van der Waals surface area contributed by atoms with Crippen LogP contribution in [0.4, 0.5) is 5.69 Å². The number of amides is 2. The number of fused-ring (bicyclic) bond motifs is 2. The molecule has 9 heteroatoms. The summed E-state index contributed by atoms with van der Waals surface area (Å²) < 4.78 is 16.4. The highest BCUT2D eigenvalue weighted by Crippen LogP contribution is 2.38. The molecule has 1 atom stereocenters. The van der Waals surface area contributed by atoms with E-state index >= 15 is 0 Å². The van der Waals surface area contributed by atoms with Crippen LogP contribution in [0.2, 0.25) is 5.02 Å². The molecule has 6 rings (SSSR count). The van der Waals surface area contributed by atoms with Crippen molar-refractivity contribution < 1.29 is 23.6 Å². The zero-order valence-corrected chi connectivity index (χ0v) is 18.4. The van der Waals surface area contributed by atoms with Crippen molar-refractivity contribution in [2.75, 3.05) is 24.8 Å². The molecule has 3 aromatic rings. The van der Waals surface area contributed by atoms with Gasteiger partial charge in [-0.2, -0.15) is 0 Å². The lowest BCUT2D eigenvalue weighted by molar-refractivity contribution is -0.136. The van der Waals surface area contributed by atoms with Crippen molar-refractivity contribution in [3.05, 3.63) is 58.7 Å². The number of ether oxygens (including phenoxy) is 2. The summed E-state index contributed by atoms with van der Waals surface area (Å²) in [6.07, 6.45) is 0.834. The predicted octanol–water partition coefficient (Wildman–Crippen LogP) is 3.66. The summed E-state index contributed by atoms with van der Waals surface area (Å²) in [5.41, 5.74) is 3.40. The zero-order valence-electron chi connectivity index (χ0n) is 17.6. The maximum Gasteiger partial charge on any atom is 0.231 e. The second-order valence-electron chi connectivity index (χ2n) is 8.40. The Morgan fingerprint density at radius 2 is 1.91 bits per heavy atom. The molecule has 2 aromatic carbocycles. The SMILES string of the molecule is O=C(C1CC(=O)N(c2ccc3c(c2)OCO3)C1)N1CCc2c(noc2-c2ccc(Cl)cc2)C1. The lowest BCUT2D eigenvalue weighted by Gasteiger charge is -2.28. The molecule has 1 aromatic heterocycles. The molecular weight excluding hydrogens is 446 g/mol. The van der Waals surface area contributed by atoms with E-state index in [9.17, 15) is 9.59 Å². The topological polar surface area (TPSA) is 85.1 Å². The fourth-order valence-electron chi connectivity index (χ4n) is 4.68. The van der Waals surface area contributed by atoms with Crippen LogP contribution in [0.25, 0.3) is 11.3 Å². The van der Waals surface area contributed by atoms with Crippen LogP contribution in [0.5, 0.6) is 11.5 Å². The maximum absolute atomic E-state index is 13.3. The second-order valence-corrected chi connectivity index (χ2v) is 8.83. The average molecular weight is 466 g/mol. The van der Waals surface area contributed by atoms with E-state index in [1.54, 1.807) is 21.9 Å². The van der Waals surface area contributed by atoms with E-state index in [1.807, 2.05) is 30.3 Å². The molecule has 3 aliphatic heterocycles. The van der Waals surface area contributed by atoms with Gasteiger partial charge in [0.25, 0.3) is 0 Å². The van der Waals surface area contributed by atoms with Crippen molar-refractivity contribution >= 4 is 29.1 Å². The Labute approximate surface area is 194 Å². The highest BCUT2D eigenvalue weighted by Gasteiger charge is 2.39. The Balaban J connectivity index is 1.16. The maximum atomic E-state index is 13.3. The lowest BCUT2D eigenvalue weighted by Crippen LogP contribution is -2.40. The molecule has 0 aliphatic carbocycles. The monoisotopic (exact) mass is 465 g/mol. The van der Waals surface area contributed by atoms with Crippen LogP contribution in [0.1, 0.15) is 17.7 Å². The third kappa shape index (κ3) is 3.51. The number of hydrogen-bond donors (Lipinski definition) is 0. The van der Waals surface area contributed by atoms with Crippen molar-refractivity contribution in [2.24, 2.45) is 5.92 Å². The minimum Gasteiger partial charge on any atom is -0.454 e. The number of aromatic nitrogens is 1. The van der Waals surface area contributed by atoms with Gasteiger partial charge in [0.1, 0.15) is 5.69 Å². The van der Waals surface area contributed by atoms with Crippen LogP contribution in [0, 0.1) is 5.92 Å². The molecule has 168 valence electrons. The number of nitrogens with zero attached hydrogens (tertiary/aromatic N) is 3. The summed E-state index contributed by atoms with van der Waals surface area (Å²) in [5.74, 6) is 1.49. The Bertz CT molecular complexity index is 1260. The highest BCUT2D eigenvalue weighted by molar-refractivity contribution is 6.30. The Hall–Kier alpha value is -3.52. The minimum atomic E-state index is -0.396. The number of carbonyl (C=O) groups is 2. The van der Waals surface area contributed by atoms with Gasteiger partial charge in [-0.05, 0) is 42.8 Å². The molecule has 4 heterocycles. The van der Waals surface area contributed by atoms with Crippen LogP contribution in [-0.2, 0) is 22.6 Å². The molecule has 0 radical (unpaired) electrons. The van der Waals surface area contributed by atoms with E-state index in [1.165, 1.54) is 0 Å². The highest BCUT2D eigenvalue weighted by atomic mass is 35.5. The summed E-state index contributed by atoms with van der Waals surface area (Å²) in [6.45, 7) is 1.45. The first-order chi connectivity index (χ1) is 16.1. The molecule has 2 amide bonds. The number of anilines is 1. The van der Waals surface area contributed by atoms with E-state index < -0.39 is 5.92 Å². The fraction of sp³-hybridized carbons (Fsp3) is 0.292. The number of halogens is 1. The summed E-state index contributed by atoms with van der Waals surface area (Å²) >= 11 is 5.99. The predicted molar refractivity (Wildman–Crippen MR) is 119 cm³/mol. The summed E-state index contributed by atoms with van der Waals surface area (Å²) in [7, 11) is 0. The molecule has 8 nitrogen and oxygen atoms in total. The number of rotatable bonds is 3. The Morgan fingerprint density at radius 3 is 2.76 bits per heavy atom. The van der Waals surface area contributed by atoms with Crippen molar-refractivity contribution in [1.29, 1.82) is 0 Å². The largest absolute Gasteiger partial charge is 0.454 e. The fourth-order valence-corrected chi connectivity index (χ4v) is 4.81. The molecular formula is C24H20ClN3O5. The molecule has 1 fully saturated rings. The van der Waals surface area contributed by atoms with Crippen molar-refractivity contribution in [3.63, 3.8) is 0 Å². The third-order valence-electron chi connectivity index (χ3n) is 6.40. The van der Waals surface area contributed by atoms with E-state index in [4.69, 9.17) is 25.6 Å². The normalized spacial score (nSPS) is 19.2. The van der Waals surface area contributed by atoms with Crippen LogP contribution in [0.15, 0.2) is 47.0 Å². The van der Waals surface area contributed by atoms with E-state index in [-0.39, 0.29) is 25.0 Å². The summed E-state index contributed by atoms with van der Waals surface area (Å²) in [5, 5.41) is 4.88. The van der Waals surface area contributed by atoms with Gasteiger partial charge in [-0.25, -0.2) is 0 Å². The first-order valence-electron chi connectivity index (χ1n) is 10.8. The first kappa shape index (κ1) is 20.1. The van der Waals surface area contributed by atoms with Crippen LogP contribution in [0.3, 0.4) is 0 Å².